The van der Waals surface area contributed by atoms with Gasteiger partial charge in [-0.15, -0.1) is 11.3 Å². The molecule has 0 aliphatic carbocycles. The van der Waals surface area contributed by atoms with Gasteiger partial charge in [0.05, 0.1) is 0 Å². The topological polar surface area (TPSA) is 54.6 Å². The SMILES string of the molecule is Cc1cccc(Cc2sc3nc(C(=O)O)cn3c2C)c1C. The molecule has 2 heterocycles. The van der Waals surface area contributed by atoms with E-state index in [-0.39, 0.29) is 5.69 Å². The van der Waals surface area contributed by atoms with Crippen LogP contribution in [-0.4, -0.2) is 20.5 Å². The number of imidazole rings is 1. The first-order valence-electron chi connectivity index (χ1n) is 6.73. The fourth-order valence-electron chi connectivity index (χ4n) is 2.44. The lowest BCUT2D eigenvalue weighted by Crippen LogP contribution is -1.97. The minimum atomic E-state index is -0.985. The second-order valence-corrected chi connectivity index (χ2v) is 6.29. The summed E-state index contributed by atoms with van der Waals surface area (Å²) < 4.78 is 1.87. The number of carbonyl (C=O) groups is 1. The van der Waals surface area contributed by atoms with Crippen LogP contribution in [0.1, 0.15) is 37.7 Å². The predicted octanol–water partition coefficient (Wildman–Crippen LogP) is 3.61. The summed E-state index contributed by atoms with van der Waals surface area (Å²) in [5, 5.41) is 9.00. The number of fused-ring (bicyclic) bond motifs is 1. The molecule has 0 amide bonds. The van der Waals surface area contributed by atoms with Crippen LogP contribution < -0.4 is 0 Å². The predicted molar refractivity (Wildman–Crippen MR) is 83.5 cm³/mol. The van der Waals surface area contributed by atoms with Gasteiger partial charge in [0.2, 0.25) is 0 Å². The van der Waals surface area contributed by atoms with Crippen LogP contribution in [-0.2, 0) is 6.42 Å². The number of carboxylic acid groups (broad SMARTS) is 1. The van der Waals surface area contributed by atoms with Gasteiger partial charge in [0.15, 0.2) is 10.7 Å². The maximum atomic E-state index is 11.0. The Hall–Kier alpha value is -2.14. The van der Waals surface area contributed by atoms with Gasteiger partial charge < -0.3 is 5.11 Å². The fourth-order valence-corrected chi connectivity index (χ4v) is 3.56. The zero-order valence-corrected chi connectivity index (χ0v) is 13.0. The number of rotatable bonds is 3. The number of benzene rings is 1. The summed E-state index contributed by atoms with van der Waals surface area (Å²) in [6.45, 7) is 6.27. The minimum absolute atomic E-state index is 0.0997. The van der Waals surface area contributed by atoms with E-state index in [1.165, 1.54) is 21.6 Å². The van der Waals surface area contributed by atoms with Crippen LogP contribution in [0.5, 0.6) is 0 Å². The number of nitrogens with zero attached hydrogens (tertiary/aromatic N) is 2. The van der Waals surface area contributed by atoms with E-state index in [2.05, 4.69) is 37.0 Å². The first kappa shape index (κ1) is 13.8. The van der Waals surface area contributed by atoms with Crippen LogP contribution in [0.3, 0.4) is 0 Å². The molecule has 1 N–H and O–H groups in total. The largest absolute Gasteiger partial charge is 0.476 e. The van der Waals surface area contributed by atoms with Crippen molar-refractivity contribution in [3.63, 3.8) is 0 Å². The Kier molecular flexibility index (Phi) is 3.29. The number of hydrogen-bond donors (Lipinski definition) is 1. The number of carboxylic acids is 1. The Morgan fingerprint density at radius 3 is 2.76 bits per heavy atom. The van der Waals surface area contributed by atoms with E-state index in [4.69, 9.17) is 5.11 Å². The molecule has 3 aromatic rings. The average Bonchev–Trinajstić information content (AvgIpc) is 2.96. The van der Waals surface area contributed by atoms with Crippen LogP contribution in [0.25, 0.3) is 4.96 Å². The molecule has 0 unspecified atom stereocenters. The van der Waals surface area contributed by atoms with E-state index in [1.54, 1.807) is 17.5 Å². The summed E-state index contributed by atoms with van der Waals surface area (Å²) in [6, 6.07) is 6.34. The third kappa shape index (κ3) is 2.34. The van der Waals surface area contributed by atoms with Gasteiger partial charge in [0.25, 0.3) is 0 Å². The van der Waals surface area contributed by atoms with E-state index >= 15 is 0 Å². The molecule has 3 rings (SSSR count). The first-order chi connectivity index (χ1) is 9.97. The molecular weight excluding hydrogens is 284 g/mol. The van der Waals surface area contributed by atoms with Crippen molar-refractivity contribution in [2.24, 2.45) is 0 Å². The summed E-state index contributed by atoms with van der Waals surface area (Å²) in [5.41, 5.74) is 5.08. The molecule has 0 aliphatic heterocycles. The summed E-state index contributed by atoms with van der Waals surface area (Å²) in [7, 11) is 0. The Balaban J connectivity index is 2.01. The van der Waals surface area contributed by atoms with Crippen molar-refractivity contribution in [1.29, 1.82) is 0 Å². The third-order valence-electron chi connectivity index (χ3n) is 3.94. The van der Waals surface area contributed by atoms with Gasteiger partial charge in [-0.3, -0.25) is 4.40 Å². The number of hydrogen-bond acceptors (Lipinski definition) is 3. The maximum absolute atomic E-state index is 11.0. The zero-order valence-electron chi connectivity index (χ0n) is 12.2. The summed E-state index contributed by atoms with van der Waals surface area (Å²) in [5.74, 6) is -0.985. The van der Waals surface area contributed by atoms with Gasteiger partial charge in [-0.25, -0.2) is 9.78 Å². The molecule has 0 bridgehead atoms. The summed E-state index contributed by atoms with van der Waals surface area (Å²) in [4.78, 5) is 17.1. The second-order valence-electron chi connectivity index (χ2n) is 5.23. The Bertz CT molecular complexity index is 845. The molecule has 1 aromatic carbocycles. The minimum Gasteiger partial charge on any atom is -0.476 e. The van der Waals surface area contributed by atoms with Crippen LogP contribution >= 0.6 is 11.3 Å². The third-order valence-corrected chi connectivity index (χ3v) is 5.10. The lowest BCUT2D eigenvalue weighted by Gasteiger charge is -2.07. The number of thiazole rings is 1. The van der Waals surface area contributed by atoms with E-state index in [0.29, 0.717) is 0 Å². The smallest absolute Gasteiger partial charge is 0.356 e. The average molecular weight is 300 g/mol. The highest BCUT2D eigenvalue weighted by Crippen LogP contribution is 2.27. The summed E-state index contributed by atoms with van der Waals surface area (Å²) in [6.07, 6.45) is 2.45. The quantitative estimate of drug-likeness (QED) is 0.804. The Morgan fingerprint density at radius 2 is 2.10 bits per heavy atom. The van der Waals surface area contributed by atoms with Gasteiger partial charge in [-0.2, -0.15) is 0 Å². The molecule has 0 atom stereocenters. The maximum Gasteiger partial charge on any atom is 0.356 e. The molecular formula is C16H16N2O2S. The number of aryl methyl sites for hydroxylation is 2. The Morgan fingerprint density at radius 1 is 1.33 bits per heavy atom. The standard InChI is InChI=1S/C16H16N2O2S/c1-9-5-4-6-12(10(9)2)7-14-11(3)18-8-13(15(19)20)17-16(18)21-14/h4-6,8H,7H2,1-3H3,(H,19,20). The van der Waals surface area contributed by atoms with Gasteiger partial charge in [-0.05, 0) is 37.5 Å². The van der Waals surface area contributed by atoms with Gasteiger partial charge in [-0.1, -0.05) is 18.2 Å². The van der Waals surface area contributed by atoms with Crippen LogP contribution in [0, 0.1) is 20.8 Å². The lowest BCUT2D eigenvalue weighted by atomic mass is 10.0. The van der Waals surface area contributed by atoms with E-state index in [0.717, 1.165) is 17.1 Å². The van der Waals surface area contributed by atoms with E-state index in [9.17, 15) is 4.79 Å². The molecule has 0 radical (unpaired) electrons. The highest BCUT2D eigenvalue weighted by Gasteiger charge is 2.15. The normalized spacial score (nSPS) is 11.2. The van der Waals surface area contributed by atoms with Crippen molar-refractivity contribution in [3.8, 4) is 0 Å². The molecule has 108 valence electrons. The monoisotopic (exact) mass is 300 g/mol. The summed E-state index contributed by atoms with van der Waals surface area (Å²) >= 11 is 1.56. The highest BCUT2D eigenvalue weighted by atomic mass is 32.1. The molecule has 2 aromatic heterocycles. The fraction of sp³-hybridized carbons (Fsp3) is 0.250. The molecule has 5 heteroatoms. The Labute approximate surface area is 126 Å². The molecule has 0 spiro atoms. The van der Waals surface area contributed by atoms with Crippen LogP contribution in [0.2, 0.25) is 0 Å². The number of aromatic carboxylic acids is 1. The van der Waals surface area contributed by atoms with Crippen molar-refractivity contribution in [2.75, 3.05) is 0 Å². The molecule has 0 saturated heterocycles. The van der Waals surface area contributed by atoms with E-state index in [1.807, 2.05) is 11.3 Å². The van der Waals surface area contributed by atoms with E-state index < -0.39 is 5.97 Å². The lowest BCUT2D eigenvalue weighted by molar-refractivity contribution is 0.0691. The molecule has 4 nitrogen and oxygen atoms in total. The van der Waals surface area contributed by atoms with Gasteiger partial charge >= 0.3 is 5.97 Å². The van der Waals surface area contributed by atoms with Gasteiger partial charge in [0, 0.05) is 23.2 Å². The van der Waals surface area contributed by atoms with Crippen LogP contribution in [0.15, 0.2) is 24.4 Å². The second kappa shape index (κ2) is 5.00. The van der Waals surface area contributed by atoms with Crippen molar-refractivity contribution in [2.45, 2.75) is 27.2 Å². The molecule has 21 heavy (non-hydrogen) atoms. The first-order valence-corrected chi connectivity index (χ1v) is 7.54. The molecule has 0 aliphatic rings. The van der Waals surface area contributed by atoms with Crippen molar-refractivity contribution in [1.82, 2.24) is 9.38 Å². The van der Waals surface area contributed by atoms with Crippen molar-refractivity contribution >= 4 is 22.3 Å². The zero-order chi connectivity index (χ0) is 15.1. The van der Waals surface area contributed by atoms with Crippen LogP contribution in [0.4, 0.5) is 0 Å². The molecule has 0 saturated carbocycles. The van der Waals surface area contributed by atoms with Crippen molar-refractivity contribution in [3.05, 3.63) is 57.4 Å². The van der Waals surface area contributed by atoms with Gasteiger partial charge in [0.1, 0.15) is 0 Å². The molecule has 0 fully saturated rings. The number of aromatic nitrogens is 2. The van der Waals surface area contributed by atoms with Crippen molar-refractivity contribution < 1.29 is 9.90 Å². The highest BCUT2D eigenvalue weighted by molar-refractivity contribution is 7.17.